The van der Waals surface area contributed by atoms with Crippen molar-refractivity contribution in [3.63, 3.8) is 0 Å². The molecule has 2 rings (SSSR count). The predicted molar refractivity (Wildman–Crippen MR) is 70.7 cm³/mol. The summed E-state index contributed by atoms with van der Waals surface area (Å²) in [5, 5.41) is 4.04. The van der Waals surface area contributed by atoms with Crippen LogP contribution in [0.5, 0.6) is 0 Å². The van der Waals surface area contributed by atoms with Crippen molar-refractivity contribution in [2.75, 3.05) is 0 Å². The quantitative estimate of drug-likeness (QED) is 0.830. The van der Waals surface area contributed by atoms with E-state index in [0.29, 0.717) is 16.1 Å². The minimum absolute atomic E-state index is 0.349. The van der Waals surface area contributed by atoms with Crippen LogP contribution in [0.25, 0.3) is 0 Å². The van der Waals surface area contributed by atoms with Crippen molar-refractivity contribution in [2.45, 2.75) is 0 Å². The van der Waals surface area contributed by atoms with Gasteiger partial charge in [0.25, 0.3) is 11.8 Å². The SMILES string of the molecule is O=C(NNC(=O)c1ccsc1)c1ccc(Cl)cc1. The Hall–Kier alpha value is -1.85. The molecule has 1 aromatic heterocycles. The number of amides is 2. The van der Waals surface area contributed by atoms with Crippen molar-refractivity contribution in [2.24, 2.45) is 0 Å². The molecule has 0 atom stereocenters. The summed E-state index contributed by atoms with van der Waals surface area (Å²) in [6.07, 6.45) is 0. The highest BCUT2D eigenvalue weighted by Crippen LogP contribution is 2.09. The molecule has 0 bridgehead atoms. The molecule has 1 heterocycles. The fraction of sp³-hybridized carbons (Fsp3) is 0. The summed E-state index contributed by atoms with van der Waals surface area (Å²) < 4.78 is 0. The first-order valence-corrected chi connectivity index (χ1v) is 6.37. The number of hydrogen-bond donors (Lipinski definition) is 2. The van der Waals surface area contributed by atoms with E-state index < -0.39 is 5.91 Å². The smallest absolute Gasteiger partial charge is 0.267 e. The number of thiophene rings is 1. The Morgan fingerprint density at radius 3 is 2.11 bits per heavy atom. The highest BCUT2D eigenvalue weighted by molar-refractivity contribution is 7.08. The molecule has 0 saturated carbocycles. The molecule has 2 amide bonds. The van der Waals surface area contributed by atoms with Crippen LogP contribution in [0.4, 0.5) is 0 Å². The van der Waals surface area contributed by atoms with Gasteiger partial charge in [-0.15, -0.1) is 0 Å². The number of hydrazine groups is 1. The second-order valence-electron chi connectivity index (χ2n) is 3.43. The minimum atomic E-state index is -0.393. The molecular formula is C12H9ClN2O2S. The Labute approximate surface area is 113 Å². The van der Waals surface area contributed by atoms with Gasteiger partial charge >= 0.3 is 0 Å². The molecule has 0 unspecified atom stereocenters. The topological polar surface area (TPSA) is 58.2 Å². The van der Waals surface area contributed by atoms with E-state index in [-0.39, 0.29) is 5.91 Å². The molecule has 0 spiro atoms. The maximum atomic E-state index is 11.7. The van der Waals surface area contributed by atoms with Crippen LogP contribution in [-0.4, -0.2) is 11.8 Å². The van der Waals surface area contributed by atoms with Crippen LogP contribution < -0.4 is 10.9 Å². The Balaban J connectivity index is 1.92. The van der Waals surface area contributed by atoms with E-state index in [9.17, 15) is 9.59 Å². The van der Waals surface area contributed by atoms with Crippen molar-refractivity contribution in [3.8, 4) is 0 Å². The molecule has 4 nitrogen and oxygen atoms in total. The van der Waals surface area contributed by atoms with Crippen LogP contribution in [0.15, 0.2) is 41.1 Å². The van der Waals surface area contributed by atoms with Gasteiger partial charge in [-0.25, -0.2) is 0 Å². The lowest BCUT2D eigenvalue weighted by molar-refractivity contribution is 0.0847. The summed E-state index contributed by atoms with van der Waals surface area (Å²) in [6.45, 7) is 0. The predicted octanol–water partition coefficient (Wildman–Crippen LogP) is 2.48. The van der Waals surface area contributed by atoms with Crippen LogP contribution in [0.2, 0.25) is 5.02 Å². The molecule has 2 aromatic rings. The first-order chi connectivity index (χ1) is 8.66. The van der Waals surface area contributed by atoms with Gasteiger partial charge in [0.2, 0.25) is 0 Å². The van der Waals surface area contributed by atoms with E-state index in [1.807, 2.05) is 0 Å². The molecule has 0 aliphatic heterocycles. The summed E-state index contributed by atoms with van der Waals surface area (Å²) in [5.41, 5.74) is 5.59. The van der Waals surface area contributed by atoms with Crippen LogP contribution >= 0.6 is 22.9 Å². The Kier molecular flexibility index (Phi) is 3.96. The highest BCUT2D eigenvalue weighted by atomic mass is 35.5. The molecule has 1 aromatic carbocycles. The maximum Gasteiger partial charge on any atom is 0.270 e. The van der Waals surface area contributed by atoms with Crippen LogP contribution in [0.3, 0.4) is 0 Å². The molecule has 0 fully saturated rings. The average Bonchev–Trinajstić information content (AvgIpc) is 2.90. The summed E-state index contributed by atoms with van der Waals surface area (Å²) in [7, 11) is 0. The van der Waals surface area contributed by atoms with E-state index >= 15 is 0 Å². The zero-order valence-electron chi connectivity index (χ0n) is 9.14. The van der Waals surface area contributed by atoms with Gasteiger partial charge in [-0.05, 0) is 35.7 Å². The fourth-order valence-corrected chi connectivity index (χ4v) is 2.01. The third kappa shape index (κ3) is 3.09. The number of hydrogen-bond acceptors (Lipinski definition) is 3. The highest BCUT2D eigenvalue weighted by Gasteiger charge is 2.08. The maximum absolute atomic E-state index is 11.7. The van der Waals surface area contributed by atoms with Crippen LogP contribution in [0, 0.1) is 0 Å². The standard InChI is InChI=1S/C12H9ClN2O2S/c13-10-3-1-8(2-4-10)11(16)14-15-12(17)9-5-6-18-7-9/h1-7H,(H,14,16)(H,15,17). The van der Waals surface area contributed by atoms with Gasteiger partial charge in [0, 0.05) is 16.0 Å². The van der Waals surface area contributed by atoms with Gasteiger partial charge in [-0.3, -0.25) is 20.4 Å². The molecule has 0 aliphatic carbocycles. The van der Waals surface area contributed by atoms with Crippen molar-refractivity contribution in [3.05, 3.63) is 57.2 Å². The third-order valence-electron chi connectivity index (χ3n) is 2.18. The van der Waals surface area contributed by atoms with E-state index in [1.165, 1.54) is 11.3 Å². The van der Waals surface area contributed by atoms with Crippen LogP contribution in [0.1, 0.15) is 20.7 Å². The Morgan fingerprint density at radius 2 is 1.56 bits per heavy atom. The summed E-state index contributed by atoms with van der Waals surface area (Å²) in [5.74, 6) is -0.742. The number of carbonyl (C=O) groups excluding carboxylic acids is 2. The van der Waals surface area contributed by atoms with E-state index in [0.717, 1.165) is 0 Å². The van der Waals surface area contributed by atoms with Crippen molar-refractivity contribution < 1.29 is 9.59 Å². The van der Waals surface area contributed by atoms with Crippen LogP contribution in [-0.2, 0) is 0 Å². The number of halogens is 1. The number of rotatable bonds is 2. The van der Waals surface area contributed by atoms with E-state index in [4.69, 9.17) is 11.6 Å². The number of benzene rings is 1. The summed E-state index contributed by atoms with van der Waals surface area (Å²) >= 11 is 7.12. The second kappa shape index (κ2) is 5.66. The molecule has 18 heavy (non-hydrogen) atoms. The first-order valence-electron chi connectivity index (χ1n) is 5.05. The molecule has 2 N–H and O–H groups in total. The number of carbonyl (C=O) groups is 2. The Bertz CT molecular complexity index is 552. The number of nitrogens with one attached hydrogen (secondary N) is 2. The Morgan fingerprint density at radius 1 is 0.944 bits per heavy atom. The third-order valence-corrected chi connectivity index (χ3v) is 3.11. The van der Waals surface area contributed by atoms with E-state index in [2.05, 4.69) is 10.9 Å². The van der Waals surface area contributed by atoms with Gasteiger partial charge in [0.05, 0.1) is 5.56 Å². The normalized spacial score (nSPS) is 9.83. The first kappa shape index (κ1) is 12.6. The van der Waals surface area contributed by atoms with Gasteiger partial charge in [-0.2, -0.15) is 11.3 Å². The summed E-state index contributed by atoms with van der Waals surface area (Å²) in [4.78, 5) is 23.2. The fourth-order valence-electron chi connectivity index (χ4n) is 1.25. The monoisotopic (exact) mass is 280 g/mol. The molecular weight excluding hydrogens is 272 g/mol. The lowest BCUT2D eigenvalue weighted by atomic mass is 10.2. The largest absolute Gasteiger partial charge is 0.270 e. The summed E-state index contributed by atoms with van der Waals surface area (Å²) in [6, 6.07) is 8.05. The average molecular weight is 281 g/mol. The van der Waals surface area contributed by atoms with Crippen molar-refractivity contribution in [1.82, 2.24) is 10.9 Å². The molecule has 92 valence electrons. The second-order valence-corrected chi connectivity index (χ2v) is 4.64. The van der Waals surface area contributed by atoms with Gasteiger partial charge in [0.15, 0.2) is 0 Å². The lowest BCUT2D eigenvalue weighted by Gasteiger charge is -2.06. The molecule has 0 saturated heterocycles. The molecule has 6 heteroatoms. The van der Waals surface area contributed by atoms with E-state index in [1.54, 1.807) is 41.1 Å². The molecule has 0 aliphatic rings. The van der Waals surface area contributed by atoms with Crippen molar-refractivity contribution >= 4 is 34.8 Å². The lowest BCUT2D eigenvalue weighted by Crippen LogP contribution is -2.41. The van der Waals surface area contributed by atoms with Gasteiger partial charge in [-0.1, -0.05) is 11.6 Å². The zero-order chi connectivity index (χ0) is 13.0. The molecule has 0 radical (unpaired) electrons. The van der Waals surface area contributed by atoms with Crippen molar-refractivity contribution in [1.29, 1.82) is 0 Å². The van der Waals surface area contributed by atoms with Gasteiger partial charge < -0.3 is 0 Å². The minimum Gasteiger partial charge on any atom is -0.267 e. The zero-order valence-corrected chi connectivity index (χ0v) is 10.7. The van der Waals surface area contributed by atoms with Gasteiger partial charge in [0.1, 0.15) is 0 Å².